The lowest BCUT2D eigenvalue weighted by atomic mass is 10.3. The highest BCUT2D eigenvalue weighted by Gasteiger charge is 2.06. The molecule has 88 valence electrons. The highest BCUT2D eigenvalue weighted by atomic mass is 32.1. The molecule has 5 nitrogen and oxygen atoms in total. The predicted molar refractivity (Wildman–Crippen MR) is 65.5 cm³/mol. The summed E-state index contributed by atoms with van der Waals surface area (Å²) in [6.07, 6.45) is 3.03. The molecular formula is C11H11N3O2S. The van der Waals surface area contributed by atoms with Gasteiger partial charge in [-0.1, -0.05) is 0 Å². The minimum Gasteiger partial charge on any atom is -0.464 e. The highest BCUT2D eigenvalue weighted by molar-refractivity contribution is 7.08. The Morgan fingerprint density at radius 2 is 2.24 bits per heavy atom. The van der Waals surface area contributed by atoms with Crippen molar-refractivity contribution in [2.24, 2.45) is 0 Å². The molecule has 0 spiro atoms. The van der Waals surface area contributed by atoms with Crippen LogP contribution in [-0.2, 0) is 0 Å². The third-order valence-corrected chi connectivity index (χ3v) is 2.63. The number of hydrogen-bond donors (Lipinski definition) is 1. The molecule has 1 N–H and O–H groups in total. The van der Waals surface area contributed by atoms with Crippen molar-refractivity contribution in [2.75, 3.05) is 11.9 Å². The van der Waals surface area contributed by atoms with Crippen LogP contribution in [0.15, 0.2) is 29.2 Å². The summed E-state index contributed by atoms with van der Waals surface area (Å²) >= 11 is 1.48. The minimum absolute atomic E-state index is 0.168. The molecule has 0 aliphatic carbocycles. The van der Waals surface area contributed by atoms with Crippen molar-refractivity contribution in [1.82, 2.24) is 9.97 Å². The van der Waals surface area contributed by atoms with Crippen molar-refractivity contribution < 1.29 is 9.53 Å². The van der Waals surface area contributed by atoms with Gasteiger partial charge >= 0.3 is 6.01 Å². The molecule has 0 saturated carbocycles. The summed E-state index contributed by atoms with van der Waals surface area (Å²) in [4.78, 5) is 19.6. The Morgan fingerprint density at radius 1 is 1.47 bits per heavy atom. The molecule has 2 heterocycles. The van der Waals surface area contributed by atoms with Gasteiger partial charge in [-0.2, -0.15) is 11.3 Å². The Balaban J connectivity index is 2.01. The summed E-state index contributed by atoms with van der Waals surface area (Å²) in [5, 5.41) is 6.33. The maximum Gasteiger partial charge on any atom is 0.316 e. The average Bonchev–Trinajstić information content (AvgIpc) is 2.86. The van der Waals surface area contributed by atoms with E-state index in [1.54, 1.807) is 11.4 Å². The van der Waals surface area contributed by atoms with Gasteiger partial charge in [0.2, 0.25) is 0 Å². The van der Waals surface area contributed by atoms with E-state index in [4.69, 9.17) is 4.74 Å². The molecule has 1 amide bonds. The van der Waals surface area contributed by atoms with Crippen LogP contribution in [0.25, 0.3) is 0 Å². The Bertz CT molecular complexity index is 482. The molecule has 0 atom stereocenters. The van der Waals surface area contributed by atoms with Crippen molar-refractivity contribution in [3.05, 3.63) is 34.8 Å². The van der Waals surface area contributed by atoms with Crippen molar-refractivity contribution in [3.8, 4) is 6.01 Å². The van der Waals surface area contributed by atoms with Crippen LogP contribution in [0, 0.1) is 0 Å². The molecule has 0 radical (unpaired) electrons. The molecule has 0 unspecified atom stereocenters. The lowest BCUT2D eigenvalue weighted by Crippen LogP contribution is -2.11. The van der Waals surface area contributed by atoms with Crippen LogP contribution < -0.4 is 10.1 Å². The molecule has 2 rings (SSSR count). The van der Waals surface area contributed by atoms with E-state index in [1.807, 2.05) is 12.3 Å². The van der Waals surface area contributed by atoms with Crippen molar-refractivity contribution >= 4 is 22.9 Å². The van der Waals surface area contributed by atoms with Gasteiger partial charge in [0.25, 0.3) is 5.91 Å². The first-order valence-corrected chi connectivity index (χ1v) is 6.02. The molecule has 0 fully saturated rings. The monoisotopic (exact) mass is 249 g/mol. The molecule has 2 aromatic heterocycles. The predicted octanol–water partition coefficient (Wildman–Crippen LogP) is 2.19. The number of carbonyl (C=O) groups excluding carboxylic acids is 1. The number of hydrogen-bond acceptors (Lipinski definition) is 5. The second-order valence-corrected chi connectivity index (χ2v) is 3.93. The fourth-order valence-electron chi connectivity index (χ4n) is 1.18. The first kappa shape index (κ1) is 11.5. The van der Waals surface area contributed by atoms with Crippen LogP contribution in [0.3, 0.4) is 0 Å². The van der Waals surface area contributed by atoms with Crippen LogP contribution in [0.4, 0.5) is 5.69 Å². The highest BCUT2D eigenvalue weighted by Crippen LogP contribution is 2.11. The zero-order valence-corrected chi connectivity index (χ0v) is 10.0. The zero-order valence-electron chi connectivity index (χ0n) is 9.21. The smallest absolute Gasteiger partial charge is 0.316 e. The number of ether oxygens (including phenoxy) is 1. The van der Waals surface area contributed by atoms with E-state index in [0.717, 1.165) is 0 Å². The Kier molecular flexibility index (Phi) is 3.66. The van der Waals surface area contributed by atoms with Gasteiger partial charge in [0.05, 0.1) is 30.3 Å². The normalized spacial score (nSPS) is 9.94. The number of nitrogens with zero attached hydrogens (tertiary/aromatic N) is 2. The molecule has 0 aliphatic rings. The summed E-state index contributed by atoms with van der Waals surface area (Å²) in [5.41, 5.74) is 1.17. The standard InChI is InChI=1S/C11H11N3O2S/c1-2-16-11-12-5-9(6-13-11)14-10(15)8-3-4-17-7-8/h3-7H,2H2,1H3,(H,14,15). The van der Waals surface area contributed by atoms with Gasteiger partial charge < -0.3 is 10.1 Å². The summed E-state index contributed by atoms with van der Waals surface area (Å²) in [7, 11) is 0. The molecule has 0 saturated heterocycles. The summed E-state index contributed by atoms with van der Waals surface area (Å²) in [6.45, 7) is 2.37. The molecule has 0 aliphatic heterocycles. The lowest BCUT2D eigenvalue weighted by Gasteiger charge is -2.04. The summed E-state index contributed by atoms with van der Waals surface area (Å²) in [6, 6.07) is 2.07. The van der Waals surface area contributed by atoms with E-state index in [1.165, 1.54) is 23.7 Å². The quantitative estimate of drug-likeness (QED) is 0.902. The lowest BCUT2D eigenvalue weighted by molar-refractivity contribution is 0.102. The third kappa shape index (κ3) is 3.01. The van der Waals surface area contributed by atoms with Gasteiger partial charge in [-0.3, -0.25) is 4.79 Å². The van der Waals surface area contributed by atoms with E-state index in [0.29, 0.717) is 23.9 Å². The SMILES string of the molecule is CCOc1ncc(NC(=O)c2ccsc2)cn1. The van der Waals surface area contributed by atoms with Crippen molar-refractivity contribution in [1.29, 1.82) is 0 Å². The molecular weight excluding hydrogens is 238 g/mol. The minimum atomic E-state index is -0.168. The molecule has 0 bridgehead atoms. The number of rotatable bonds is 4. The first-order valence-electron chi connectivity index (χ1n) is 5.08. The van der Waals surface area contributed by atoms with Crippen LogP contribution in [0.2, 0.25) is 0 Å². The van der Waals surface area contributed by atoms with E-state index >= 15 is 0 Å². The number of carbonyl (C=O) groups is 1. The van der Waals surface area contributed by atoms with Gasteiger partial charge in [0, 0.05) is 5.38 Å². The summed E-state index contributed by atoms with van der Waals surface area (Å²) < 4.78 is 5.10. The van der Waals surface area contributed by atoms with Gasteiger partial charge in [-0.15, -0.1) is 0 Å². The second-order valence-electron chi connectivity index (χ2n) is 3.15. The maximum atomic E-state index is 11.7. The fraction of sp³-hybridized carbons (Fsp3) is 0.182. The molecule has 0 aromatic carbocycles. The van der Waals surface area contributed by atoms with Gasteiger partial charge in [0.1, 0.15) is 0 Å². The number of thiophene rings is 1. The van der Waals surface area contributed by atoms with Crippen LogP contribution in [0.5, 0.6) is 6.01 Å². The second kappa shape index (κ2) is 5.40. The third-order valence-electron chi connectivity index (χ3n) is 1.94. The van der Waals surface area contributed by atoms with E-state index < -0.39 is 0 Å². The Labute approximate surface area is 102 Å². The van der Waals surface area contributed by atoms with Crippen LogP contribution in [-0.4, -0.2) is 22.5 Å². The largest absolute Gasteiger partial charge is 0.464 e. The topological polar surface area (TPSA) is 64.1 Å². The Hall–Kier alpha value is -1.95. The van der Waals surface area contributed by atoms with E-state index in [9.17, 15) is 4.79 Å². The maximum absolute atomic E-state index is 11.7. The fourth-order valence-corrected chi connectivity index (χ4v) is 1.82. The van der Waals surface area contributed by atoms with E-state index in [2.05, 4.69) is 15.3 Å². The zero-order chi connectivity index (χ0) is 12.1. The van der Waals surface area contributed by atoms with Gasteiger partial charge in [-0.25, -0.2) is 9.97 Å². The molecule has 2 aromatic rings. The number of aromatic nitrogens is 2. The summed E-state index contributed by atoms with van der Waals surface area (Å²) in [5.74, 6) is -0.168. The number of nitrogens with one attached hydrogen (secondary N) is 1. The van der Waals surface area contributed by atoms with Gasteiger partial charge in [0.15, 0.2) is 0 Å². The van der Waals surface area contributed by atoms with Gasteiger partial charge in [-0.05, 0) is 18.4 Å². The first-order chi connectivity index (χ1) is 8.29. The molecule has 6 heteroatoms. The number of anilines is 1. The molecule has 17 heavy (non-hydrogen) atoms. The number of amides is 1. The van der Waals surface area contributed by atoms with Crippen LogP contribution in [0.1, 0.15) is 17.3 Å². The van der Waals surface area contributed by atoms with E-state index in [-0.39, 0.29) is 5.91 Å². The average molecular weight is 249 g/mol. The van der Waals surface area contributed by atoms with Crippen LogP contribution >= 0.6 is 11.3 Å². The Morgan fingerprint density at radius 3 is 2.82 bits per heavy atom. The van der Waals surface area contributed by atoms with Crippen molar-refractivity contribution in [2.45, 2.75) is 6.92 Å². The van der Waals surface area contributed by atoms with Crippen molar-refractivity contribution in [3.63, 3.8) is 0 Å².